The van der Waals surface area contributed by atoms with Crippen LogP contribution in [-0.4, -0.2) is 46.7 Å². The van der Waals surface area contributed by atoms with Crippen LogP contribution in [0.3, 0.4) is 0 Å². The fourth-order valence-electron chi connectivity index (χ4n) is 4.11. The van der Waals surface area contributed by atoms with E-state index < -0.39 is 30.3 Å². The molecule has 0 radical (unpaired) electrons. The smallest absolute Gasteiger partial charge is 0.425 e. The summed E-state index contributed by atoms with van der Waals surface area (Å²) in [7, 11) is 0. The molecule has 1 unspecified atom stereocenters. The Morgan fingerprint density at radius 1 is 1.07 bits per heavy atom. The predicted molar refractivity (Wildman–Crippen MR) is 142 cm³/mol. The number of likely N-dealkylation sites (tertiary alicyclic amines) is 1. The van der Waals surface area contributed by atoms with Gasteiger partial charge in [0.2, 0.25) is 0 Å². The molecule has 42 heavy (non-hydrogen) atoms. The molecule has 14 heteroatoms. The van der Waals surface area contributed by atoms with Gasteiger partial charge in [0.05, 0.1) is 23.8 Å². The minimum absolute atomic E-state index is 0.0771. The van der Waals surface area contributed by atoms with Crippen LogP contribution in [0.25, 0.3) is 0 Å². The van der Waals surface area contributed by atoms with Gasteiger partial charge in [-0.15, -0.1) is 0 Å². The van der Waals surface area contributed by atoms with Crippen molar-refractivity contribution in [3.63, 3.8) is 0 Å². The van der Waals surface area contributed by atoms with E-state index in [1.807, 2.05) is 6.07 Å². The van der Waals surface area contributed by atoms with Gasteiger partial charge in [0, 0.05) is 31.4 Å². The molecule has 2 aromatic carbocycles. The number of rotatable bonds is 9. The molecule has 2 heterocycles. The van der Waals surface area contributed by atoms with Crippen molar-refractivity contribution < 1.29 is 37.1 Å². The summed E-state index contributed by atoms with van der Waals surface area (Å²) in [5, 5.41) is 14.4. The largest absolute Gasteiger partial charge is 0.471 e. The van der Waals surface area contributed by atoms with Crippen LogP contribution in [0, 0.1) is 11.3 Å². The second-order valence-corrected chi connectivity index (χ2v) is 9.10. The third-order valence-corrected chi connectivity index (χ3v) is 6.14. The lowest BCUT2D eigenvalue weighted by molar-refractivity contribution is -0.191. The number of hydrogen-bond donors (Lipinski definition) is 3. The van der Waals surface area contributed by atoms with Crippen molar-refractivity contribution in [2.45, 2.75) is 38.4 Å². The highest BCUT2D eigenvalue weighted by Gasteiger charge is 2.47. The lowest BCUT2D eigenvalue weighted by Gasteiger charge is -2.25. The molecule has 3 N–H and O–H groups in total. The SMILES string of the molecule is N#Cc1ccc(CONC(=O)c2ccccc2NCc2ccnc(NC(=O)OC3CCCN3C(=O)C(F)(F)F)c2)cc1. The van der Waals surface area contributed by atoms with Crippen LogP contribution < -0.4 is 16.1 Å². The van der Waals surface area contributed by atoms with Crippen molar-refractivity contribution >= 4 is 29.4 Å². The summed E-state index contributed by atoms with van der Waals surface area (Å²) >= 11 is 0. The molecule has 3 amide bonds. The quantitative estimate of drug-likeness (QED) is 0.313. The maximum atomic E-state index is 12.8. The molecule has 1 saturated heterocycles. The van der Waals surface area contributed by atoms with E-state index in [9.17, 15) is 27.6 Å². The lowest BCUT2D eigenvalue weighted by Crippen LogP contribution is -2.45. The normalized spacial score (nSPS) is 14.5. The summed E-state index contributed by atoms with van der Waals surface area (Å²) in [6, 6.07) is 18.7. The number of nitriles is 1. The van der Waals surface area contributed by atoms with Gasteiger partial charge >= 0.3 is 18.2 Å². The number of amides is 3. The second kappa shape index (κ2) is 13.5. The monoisotopic (exact) mass is 582 g/mol. The number of carbonyl (C=O) groups excluding carboxylic acids is 3. The summed E-state index contributed by atoms with van der Waals surface area (Å²) < 4.78 is 43.5. The molecule has 1 aromatic heterocycles. The highest BCUT2D eigenvalue weighted by Crippen LogP contribution is 2.26. The Morgan fingerprint density at radius 2 is 1.83 bits per heavy atom. The molecule has 11 nitrogen and oxygen atoms in total. The molecule has 1 aliphatic heterocycles. The third-order valence-electron chi connectivity index (χ3n) is 6.14. The van der Waals surface area contributed by atoms with Crippen LogP contribution in [-0.2, 0) is 27.5 Å². The number of nitrogens with zero attached hydrogens (tertiary/aromatic N) is 3. The number of hydroxylamine groups is 1. The van der Waals surface area contributed by atoms with Crippen molar-refractivity contribution in [1.29, 1.82) is 5.26 Å². The highest BCUT2D eigenvalue weighted by atomic mass is 19.4. The Bertz CT molecular complexity index is 1480. The number of aromatic nitrogens is 1. The number of hydrogen-bond acceptors (Lipinski definition) is 8. The van der Waals surface area contributed by atoms with Gasteiger partial charge in [-0.25, -0.2) is 15.3 Å². The number of carbonyl (C=O) groups is 3. The molecule has 3 aromatic rings. The Labute approximate surface area is 238 Å². The third kappa shape index (κ3) is 7.95. The average Bonchev–Trinajstić information content (AvgIpc) is 3.43. The summed E-state index contributed by atoms with van der Waals surface area (Å²) in [5.41, 5.74) is 5.13. The number of benzene rings is 2. The van der Waals surface area contributed by atoms with Crippen molar-refractivity contribution in [3.05, 3.63) is 89.1 Å². The first-order valence-electron chi connectivity index (χ1n) is 12.7. The fourth-order valence-corrected chi connectivity index (χ4v) is 4.11. The van der Waals surface area contributed by atoms with Crippen LogP contribution in [0.5, 0.6) is 0 Å². The lowest BCUT2D eigenvalue weighted by atomic mass is 10.1. The van der Waals surface area contributed by atoms with Gasteiger partial charge in [-0.3, -0.25) is 24.6 Å². The number of halogens is 3. The van der Waals surface area contributed by atoms with Crippen molar-refractivity contribution in [3.8, 4) is 6.07 Å². The maximum Gasteiger partial charge on any atom is 0.471 e. The summed E-state index contributed by atoms with van der Waals surface area (Å²) in [6.45, 7) is 0.150. The van der Waals surface area contributed by atoms with E-state index >= 15 is 0 Å². The number of anilines is 2. The highest BCUT2D eigenvalue weighted by molar-refractivity contribution is 5.99. The first-order valence-corrected chi connectivity index (χ1v) is 12.7. The Balaban J connectivity index is 1.30. The van der Waals surface area contributed by atoms with Gasteiger partial charge < -0.3 is 10.1 Å². The summed E-state index contributed by atoms with van der Waals surface area (Å²) in [5.74, 6) is -2.47. The Kier molecular flexibility index (Phi) is 9.56. The average molecular weight is 583 g/mol. The van der Waals surface area contributed by atoms with E-state index in [0.717, 1.165) is 5.56 Å². The van der Waals surface area contributed by atoms with Crippen LogP contribution in [0.15, 0.2) is 66.9 Å². The molecule has 4 rings (SSSR count). The van der Waals surface area contributed by atoms with Crippen LogP contribution >= 0.6 is 0 Å². The molecular formula is C28H25F3N6O5. The minimum atomic E-state index is -5.07. The van der Waals surface area contributed by atoms with E-state index in [4.69, 9.17) is 14.8 Å². The van der Waals surface area contributed by atoms with Crippen LogP contribution in [0.2, 0.25) is 0 Å². The van der Waals surface area contributed by atoms with Crippen LogP contribution in [0.1, 0.15) is 39.9 Å². The molecule has 1 aliphatic rings. The van der Waals surface area contributed by atoms with Crippen molar-refractivity contribution in [1.82, 2.24) is 15.4 Å². The molecular weight excluding hydrogens is 557 g/mol. The molecule has 218 valence electrons. The standard InChI is InChI=1S/C28H25F3N6O5/c29-28(30,31)26(39)37-13-3-6-24(37)42-27(40)35-23-14-20(11-12-33-23)16-34-22-5-2-1-4-21(22)25(38)36-41-17-19-9-7-18(15-32)8-10-19/h1-2,4-5,7-12,14,24,34H,3,6,13,16-17H2,(H,36,38)(H,33,35,40). The zero-order valence-electron chi connectivity index (χ0n) is 22.0. The zero-order valence-corrected chi connectivity index (χ0v) is 22.0. The molecule has 0 bridgehead atoms. The molecule has 0 aliphatic carbocycles. The van der Waals surface area contributed by atoms with E-state index in [1.54, 1.807) is 54.6 Å². The molecule has 0 saturated carbocycles. The number of nitrogens with one attached hydrogen (secondary N) is 3. The minimum Gasteiger partial charge on any atom is -0.425 e. The van der Waals surface area contributed by atoms with Gasteiger partial charge in [0.15, 0.2) is 6.23 Å². The summed E-state index contributed by atoms with van der Waals surface area (Å²) in [4.78, 5) is 46.4. The predicted octanol–water partition coefficient (Wildman–Crippen LogP) is 4.49. The van der Waals surface area contributed by atoms with Crippen molar-refractivity contribution in [2.75, 3.05) is 17.2 Å². The van der Waals surface area contributed by atoms with Gasteiger partial charge in [0.25, 0.3) is 5.91 Å². The zero-order chi connectivity index (χ0) is 30.1. The van der Waals surface area contributed by atoms with E-state index in [-0.39, 0.29) is 38.4 Å². The molecule has 0 spiro atoms. The Hall–Kier alpha value is -5.16. The molecule has 1 atom stereocenters. The maximum absolute atomic E-state index is 12.8. The summed E-state index contributed by atoms with van der Waals surface area (Å²) in [6.07, 6.45) is -5.69. The van der Waals surface area contributed by atoms with E-state index in [0.29, 0.717) is 27.3 Å². The first kappa shape index (κ1) is 29.8. The van der Waals surface area contributed by atoms with Crippen molar-refractivity contribution in [2.24, 2.45) is 0 Å². The number of alkyl halides is 3. The van der Waals surface area contributed by atoms with Gasteiger partial charge in [-0.1, -0.05) is 24.3 Å². The van der Waals surface area contributed by atoms with E-state index in [1.165, 1.54) is 12.3 Å². The van der Waals surface area contributed by atoms with E-state index in [2.05, 4.69) is 21.1 Å². The van der Waals surface area contributed by atoms with Gasteiger partial charge in [-0.05, 0) is 53.9 Å². The van der Waals surface area contributed by atoms with Gasteiger partial charge in [0.1, 0.15) is 5.82 Å². The van der Waals surface area contributed by atoms with Crippen LogP contribution in [0.4, 0.5) is 29.5 Å². The number of para-hydroxylation sites is 1. The number of ether oxygens (including phenoxy) is 1. The van der Waals surface area contributed by atoms with Gasteiger partial charge in [-0.2, -0.15) is 18.4 Å². The second-order valence-electron chi connectivity index (χ2n) is 9.10. The first-order chi connectivity index (χ1) is 20.1. The topological polar surface area (TPSA) is 146 Å². The fraction of sp³-hybridized carbons (Fsp3) is 0.250. The number of pyridine rings is 1. The Morgan fingerprint density at radius 3 is 2.57 bits per heavy atom. The molecule has 1 fully saturated rings.